The maximum atomic E-state index is 5.77. The van der Waals surface area contributed by atoms with Crippen LogP contribution in [0.1, 0.15) is 16.8 Å². The highest BCUT2D eigenvalue weighted by Gasteiger charge is 2.01. The molecule has 0 aliphatic heterocycles. The van der Waals surface area contributed by atoms with E-state index in [1.54, 1.807) is 6.20 Å². The van der Waals surface area contributed by atoms with E-state index in [2.05, 4.69) is 48.2 Å². The molecule has 0 N–H and O–H groups in total. The second kappa shape index (κ2) is 6.34. The van der Waals surface area contributed by atoms with Gasteiger partial charge >= 0.3 is 0 Å². The molecule has 2 aromatic rings. The Balaban J connectivity index is 1.95. The molecule has 0 saturated carbocycles. The summed E-state index contributed by atoms with van der Waals surface area (Å²) < 4.78 is 5.77. The second-order valence-electron chi connectivity index (χ2n) is 4.93. The van der Waals surface area contributed by atoms with E-state index in [-0.39, 0.29) is 0 Å². The fourth-order valence-electron chi connectivity index (χ4n) is 1.89. The van der Waals surface area contributed by atoms with Crippen molar-refractivity contribution < 1.29 is 4.74 Å². The van der Waals surface area contributed by atoms with Crippen molar-refractivity contribution in [3.63, 3.8) is 0 Å². The number of benzene rings is 1. The Morgan fingerprint density at radius 3 is 2.37 bits per heavy atom. The summed E-state index contributed by atoms with van der Waals surface area (Å²) in [5.74, 6) is 0.847. The van der Waals surface area contributed by atoms with Gasteiger partial charge in [-0.05, 0) is 44.3 Å². The lowest BCUT2D eigenvalue weighted by atomic mass is 10.1. The molecule has 0 saturated heterocycles. The van der Waals surface area contributed by atoms with Gasteiger partial charge in [0, 0.05) is 12.7 Å². The predicted octanol–water partition coefficient (Wildman–Crippen LogP) is 3.03. The predicted molar refractivity (Wildman–Crippen MR) is 77.1 cm³/mol. The summed E-state index contributed by atoms with van der Waals surface area (Å²) in [6, 6.07) is 12.4. The maximum Gasteiger partial charge on any atom is 0.141 e. The number of rotatable bonds is 5. The molecule has 1 heterocycles. The number of hydrogen-bond acceptors (Lipinski definition) is 3. The zero-order chi connectivity index (χ0) is 13.7. The molecule has 0 spiro atoms. The van der Waals surface area contributed by atoms with Gasteiger partial charge in [-0.3, -0.25) is 4.98 Å². The molecule has 0 aliphatic carbocycles. The summed E-state index contributed by atoms with van der Waals surface area (Å²) in [6.07, 6.45) is 1.78. The first-order chi connectivity index (χ1) is 9.15. The van der Waals surface area contributed by atoms with Crippen LogP contribution in [0.15, 0.2) is 42.6 Å². The van der Waals surface area contributed by atoms with Gasteiger partial charge in [-0.2, -0.15) is 0 Å². The molecule has 0 unspecified atom stereocenters. The van der Waals surface area contributed by atoms with Crippen LogP contribution >= 0.6 is 0 Å². The Bertz CT molecular complexity index is 521. The van der Waals surface area contributed by atoms with E-state index in [1.165, 1.54) is 11.1 Å². The molecule has 100 valence electrons. The largest absolute Gasteiger partial charge is 0.487 e. The van der Waals surface area contributed by atoms with Crippen molar-refractivity contribution in [2.24, 2.45) is 0 Å². The highest BCUT2D eigenvalue weighted by molar-refractivity contribution is 5.27. The van der Waals surface area contributed by atoms with E-state index >= 15 is 0 Å². The molecule has 3 heteroatoms. The number of pyridine rings is 1. The van der Waals surface area contributed by atoms with Crippen LogP contribution < -0.4 is 4.74 Å². The van der Waals surface area contributed by atoms with E-state index in [9.17, 15) is 0 Å². The van der Waals surface area contributed by atoms with Crippen LogP contribution in [0.4, 0.5) is 0 Å². The lowest BCUT2D eigenvalue weighted by molar-refractivity contribution is 0.302. The Labute approximate surface area is 114 Å². The minimum Gasteiger partial charge on any atom is -0.487 e. The average molecular weight is 256 g/mol. The van der Waals surface area contributed by atoms with Crippen LogP contribution in [0, 0.1) is 6.92 Å². The highest BCUT2D eigenvalue weighted by atomic mass is 16.5. The summed E-state index contributed by atoms with van der Waals surface area (Å²) >= 11 is 0. The quantitative estimate of drug-likeness (QED) is 0.822. The lowest BCUT2D eigenvalue weighted by Gasteiger charge is -2.11. The number of aromatic nitrogens is 1. The van der Waals surface area contributed by atoms with Gasteiger partial charge in [-0.1, -0.05) is 24.3 Å². The first-order valence-electron chi connectivity index (χ1n) is 6.42. The molecule has 2 rings (SSSR count). The van der Waals surface area contributed by atoms with Crippen LogP contribution in [0.2, 0.25) is 0 Å². The van der Waals surface area contributed by atoms with Crippen molar-refractivity contribution in [2.45, 2.75) is 20.1 Å². The highest BCUT2D eigenvalue weighted by Crippen LogP contribution is 2.16. The number of aryl methyl sites for hydroxylation is 1. The van der Waals surface area contributed by atoms with Crippen molar-refractivity contribution in [3.05, 3.63) is 59.4 Å². The van der Waals surface area contributed by atoms with Crippen molar-refractivity contribution >= 4 is 0 Å². The zero-order valence-electron chi connectivity index (χ0n) is 11.8. The van der Waals surface area contributed by atoms with E-state index in [1.807, 2.05) is 19.1 Å². The van der Waals surface area contributed by atoms with E-state index < -0.39 is 0 Å². The Morgan fingerprint density at radius 1 is 1.05 bits per heavy atom. The number of ether oxygens (including phenoxy) is 1. The molecule has 0 amide bonds. The van der Waals surface area contributed by atoms with Crippen LogP contribution in [0.3, 0.4) is 0 Å². The Morgan fingerprint density at radius 2 is 1.74 bits per heavy atom. The van der Waals surface area contributed by atoms with E-state index in [0.717, 1.165) is 18.0 Å². The Kier molecular flexibility index (Phi) is 4.53. The van der Waals surface area contributed by atoms with Crippen LogP contribution in [-0.2, 0) is 13.2 Å². The number of nitrogens with zero attached hydrogens (tertiary/aromatic N) is 2. The van der Waals surface area contributed by atoms with Gasteiger partial charge in [0.2, 0.25) is 0 Å². The SMILES string of the molecule is Cc1ncccc1OCc1ccc(CN(C)C)cc1. The summed E-state index contributed by atoms with van der Waals surface area (Å²) in [6.45, 7) is 3.49. The third-order valence-corrected chi connectivity index (χ3v) is 2.87. The number of hydrogen-bond donors (Lipinski definition) is 0. The summed E-state index contributed by atoms with van der Waals surface area (Å²) in [4.78, 5) is 6.36. The van der Waals surface area contributed by atoms with Crippen molar-refractivity contribution in [1.29, 1.82) is 0 Å². The first kappa shape index (κ1) is 13.6. The second-order valence-corrected chi connectivity index (χ2v) is 4.93. The molecule has 3 nitrogen and oxygen atoms in total. The molecule has 1 aromatic carbocycles. The smallest absolute Gasteiger partial charge is 0.141 e. The van der Waals surface area contributed by atoms with E-state index in [0.29, 0.717) is 6.61 Å². The first-order valence-corrected chi connectivity index (χ1v) is 6.42. The summed E-state index contributed by atoms with van der Waals surface area (Å²) in [5.41, 5.74) is 3.41. The summed E-state index contributed by atoms with van der Waals surface area (Å²) in [7, 11) is 4.14. The van der Waals surface area contributed by atoms with Gasteiger partial charge in [-0.25, -0.2) is 0 Å². The summed E-state index contributed by atoms with van der Waals surface area (Å²) in [5, 5.41) is 0. The molecule has 0 bridgehead atoms. The van der Waals surface area contributed by atoms with Gasteiger partial charge in [-0.15, -0.1) is 0 Å². The van der Waals surface area contributed by atoms with Crippen molar-refractivity contribution in [1.82, 2.24) is 9.88 Å². The monoisotopic (exact) mass is 256 g/mol. The van der Waals surface area contributed by atoms with Gasteiger partial charge < -0.3 is 9.64 Å². The van der Waals surface area contributed by atoms with Gasteiger partial charge in [0.15, 0.2) is 0 Å². The fraction of sp³-hybridized carbons (Fsp3) is 0.312. The molecule has 0 aliphatic rings. The molecule has 19 heavy (non-hydrogen) atoms. The topological polar surface area (TPSA) is 25.4 Å². The van der Waals surface area contributed by atoms with Gasteiger partial charge in [0.25, 0.3) is 0 Å². The minimum atomic E-state index is 0.578. The average Bonchev–Trinajstić information content (AvgIpc) is 2.39. The van der Waals surface area contributed by atoms with Crippen molar-refractivity contribution in [2.75, 3.05) is 14.1 Å². The van der Waals surface area contributed by atoms with Gasteiger partial charge in [0.05, 0.1) is 5.69 Å². The van der Waals surface area contributed by atoms with Crippen LogP contribution in [0.5, 0.6) is 5.75 Å². The molecule has 0 radical (unpaired) electrons. The third kappa shape index (κ3) is 4.07. The fourth-order valence-corrected chi connectivity index (χ4v) is 1.89. The standard InChI is InChI=1S/C16H20N2O/c1-13-16(5-4-10-17-13)19-12-15-8-6-14(7-9-15)11-18(2)3/h4-10H,11-12H2,1-3H3. The maximum absolute atomic E-state index is 5.77. The molecule has 0 atom stereocenters. The molecular formula is C16H20N2O. The molecule has 0 fully saturated rings. The van der Waals surface area contributed by atoms with E-state index in [4.69, 9.17) is 4.74 Å². The lowest BCUT2D eigenvalue weighted by Crippen LogP contribution is -2.10. The molecular weight excluding hydrogens is 236 g/mol. The van der Waals surface area contributed by atoms with Crippen molar-refractivity contribution in [3.8, 4) is 5.75 Å². The minimum absolute atomic E-state index is 0.578. The molecule has 1 aromatic heterocycles. The van der Waals surface area contributed by atoms with Crippen LogP contribution in [0.25, 0.3) is 0 Å². The van der Waals surface area contributed by atoms with Crippen LogP contribution in [-0.4, -0.2) is 24.0 Å². The Hall–Kier alpha value is -1.87. The third-order valence-electron chi connectivity index (χ3n) is 2.87. The zero-order valence-corrected chi connectivity index (χ0v) is 11.8. The van der Waals surface area contributed by atoms with Gasteiger partial charge in [0.1, 0.15) is 12.4 Å². The normalized spacial score (nSPS) is 10.7.